The predicted molar refractivity (Wildman–Crippen MR) is 150 cm³/mol. The Balaban J connectivity index is 1.25. The molecule has 0 spiro atoms. The van der Waals surface area contributed by atoms with E-state index in [2.05, 4.69) is 33.0 Å². The molecule has 0 aromatic heterocycles. The molecular formula is C28H38Cl2N4O2. The fourth-order valence-corrected chi connectivity index (χ4v) is 4.88. The lowest BCUT2D eigenvalue weighted by molar-refractivity contribution is -0.118. The zero-order chi connectivity index (χ0) is 25.9. The number of nitrogens with one attached hydrogen (secondary N) is 3. The fraction of sp³-hybridized carbons (Fsp3) is 0.500. The first-order valence-corrected chi connectivity index (χ1v) is 13.7. The largest absolute Gasteiger partial charge is 0.338 e. The Morgan fingerprint density at radius 3 is 2.44 bits per heavy atom. The van der Waals surface area contributed by atoms with Gasteiger partial charge in [0.15, 0.2) is 0 Å². The Morgan fingerprint density at radius 2 is 1.72 bits per heavy atom. The number of unbranched alkanes of at least 4 members (excludes halogenated alkanes) is 3. The number of likely N-dealkylation sites (tertiary alicyclic amines) is 1. The van der Waals surface area contributed by atoms with E-state index in [0.717, 1.165) is 57.4 Å². The summed E-state index contributed by atoms with van der Waals surface area (Å²) in [6.07, 6.45) is 6.68. The molecule has 0 radical (unpaired) electrons. The number of benzene rings is 2. The summed E-state index contributed by atoms with van der Waals surface area (Å²) in [4.78, 5) is 26.6. The summed E-state index contributed by atoms with van der Waals surface area (Å²) in [5, 5.41) is 9.60. The van der Waals surface area contributed by atoms with Gasteiger partial charge in [0.1, 0.15) is 0 Å². The maximum atomic E-state index is 12.0. The Labute approximate surface area is 225 Å². The van der Waals surface area contributed by atoms with Crippen molar-refractivity contribution in [3.63, 3.8) is 0 Å². The zero-order valence-corrected chi connectivity index (χ0v) is 22.8. The molecular weight excluding hydrogens is 495 g/mol. The average molecular weight is 534 g/mol. The molecule has 196 valence electrons. The van der Waals surface area contributed by atoms with E-state index in [4.69, 9.17) is 23.2 Å². The highest BCUT2D eigenvalue weighted by Crippen LogP contribution is 2.30. The number of carbonyl (C=O) groups excluding carboxylic acids is 2. The van der Waals surface area contributed by atoms with Crippen molar-refractivity contribution in [2.75, 3.05) is 36.8 Å². The number of hydrogen-bond acceptors (Lipinski definition) is 3. The number of hydrogen-bond donors (Lipinski definition) is 3. The molecule has 3 N–H and O–H groups in total. The van der Waals surface area contributed by atoms with E-state index in [1.54, 1.807) is 18.2 Å². The molecule has 8 heteroatoms. The van der Waals surface area contributed by atoms with E-state index in [9.17, 15) is 9.59 Å². The Kier molecular flexibility index (Phi) is 11.4. The third-order valence-corrected chi connectivity index (χ3v) is 7.15. The Hall–Kier alpha value is -2.28. The lowest BCUT2D eigenvalue weighted by atomic mass is 9.89. The molecule has 1 aliphatic heterocycles. The number of rotatable bonds is 11. The molecule has 6 nitrogen and oxygen atoms in total. The number of piperidine rings is 1. The van der Waals surface area contributed by atoms with Gasteiger partial charge in [0.25, 0.3) is 0 Å². The monoisotopic (exact) mass is 532 g/mol. The van der Waals surface area contributed by atoms with Gasteiger partial charge in [-0.15, -0.1) is 0 Å². The van der Waals surface area contributed by atoms with Crippen molar-refractivity contribution < 1.29 is 9.59 Å². The van der Waals surface area contributed by atoms with Gasteiger partial charge < -0.3 is 20.9 Å². The number of carbonyl (C=O) groups is 2. The summed E-state index contributed by atoms with van der Waals surface area (Å²) in [7, 11) is 0. The zero-order valence-electron chi connectivity index (χ0n) is 21.3. The first-order chi connectivity index (χ1) is 17.3. The second-order valence-corrected chi connectivity index (χ2v) is 10.6. The molecule has 0 unspecified atom stereocenters. The number of halogens is 2. The highest BCUT2D eigenvalue weighted by atomic mass is 35.5. The van der Waals surface area contributed by atoms with Crippen molar-refractivity contribution in [3.8, 4) is 0 Å². The van der Waals surface area contributed by atoms with E-state index >= 15 is 0 Å². The van der Waals surface area contributed by atoms with Crippen LogP contribution in [0.25, 0.3) is 0 Å². The lowest BCUT2D eigenvalue weighted by Crippen LogP contribution is -2.33. The van der Waals surface area contributed by atoms with E-state index in [0.29, 0.717) is 28.2 Å². The minimum Gasteiger partial charge on any atom is -0.338 e. The number of nitrogens with zero attached hydrogens (tertiary/aromatic N) is 1. The van der Waals surface area contributed by atoms with Crippen LogP contribution in [0.4, 0.5) is 16.2 Å². The molecule has 2 aromatic rings. The van der Waals surface area contributed by atoms with Crippen molar-refractivity contribution in [2.45, 2.75) is 58.3 Å². The standard InChI is InChI=1S/C28H38Cl2N4O2/c1-20(2)27(35)32-24-9-7-8-22(18-24)21-12-16-34(17-13-21)15-6-4-3-5-14-31-28(36)33-26-11-10-23(29)19-25(26)30/h7-11,18-21H,3-6,12-17H2,1-2H3,(H,32,35)(H2,31,33,36). The fourth-order valence-electron chi connectivity index (χ4n) is 4.42. The van der Waals surface area contributed by atoms with Crippen LogP contribution in [-0.2, 0) is 4.79 Å². The van der Waals surface area contributed by atoms with Gasteiger partial charge in [-0.3, -0.25) is 4.79 Å². The van der Waals surface area contributed by atoms with Crippen molar-refractivity contribution in [1.82, 2.24) is 10.2 Å². The summed E-state index contributed by atoms with van der Waals surface area (Å²) in [6.45, 7) is 7.81. The third-order valence-electron chi connectivity index (χ3n) is 6.60. The summed E-state index contributed by atoms with van der Waals surface area (Å²) >= 11 is 12.0. The van der Waals surface area contributed by atoms with Crippen LogP contribution in [0.3, 0.4) is 0 Å². The van der Waals surface area contributed by atoms with Gasteiger partial charge in [-0.1, -0.05) is 62.0 Å². The van der Waals surface area contributed by atoms with Gasteiger partial charge in [-0.2, -0.15) is 0 Å². The average Bonchev–Trinajstić information content (AvgIpc) is 2.85. The van der Waals surface area contributed by atoms with Gasteiger partial charge in [0.2, 0.25) is 5.91 Å². The molecule has 0 aliphatic carbocycles. The highest BCUT2D eigenvalue weighted by Gasteiger charge is 2.20. The quantitative estimate of drug-likeness (QED) is 0.269. The molecule has 0 bridgehead atoms. The second kappa shape index (κ2) is 14.5. The molecule has 1 heterocycles. The van der Waals surface area contributed by atoms with Crippen LogP contribution in [0.15, 0.2) is 42.5 Å². The molecule has 2 aromatic carbocycles. The Morgan fingerprint density at radius 1 is 0.972 bits per heavy atom. The lowest BCUT2D eigenvalue weighted by Gasteiger charge is -2.32. The van der Waals surface area contributed by atoms with Crippen LogP contribution >= 0.6 is 23.2 Å². The van der Waals surface area contributed by atoms with Gasteiger partial charge in [-0.05, 0) is 87.1 Å². The topological polar surface area (TPSA) is 73.5 Å². The Bertz CT molecular complexity index is 1010. The van der Waals surface area contributed by atoms with Crippen molar-refractivity contribution in [1.29, 1.82) is 0 Å². The van der Waals surface area contributed by atoms with Crippen molar-refractivity contribution in [3.05, 3.63) is 58.1 Å². The summed E-state index contributed by atoms with van der Waals surface area (Å²) < 4.78 is 0. The SMILES string of the molecule is CC(C)C(=O)Nc1cccc(C2CCN(CCCCCCNC(=O)Nc3ccc(Cl)cc3Cl)CC2)c1. The smallest absolute Gasteiger partial charge is 0.319 e. The molecule has 3 amide bonds. The van der Waals surface area contributed by atoms with E-state index in [1.807, 2.05) is 26.0 Å². The summed E-state index contributed by atoms with van der Waals surface area (Å²) in [5.74, 6) is 0.591. The van der Waals surface area contributed by atoms with Crippen molar-refractivity contribution >= 4 is 46.5 Å². The van der Waals surface area contributed by atoms with Crippen LogP contribution in [0.2, 0.25) is 10.0 Å². The molecule has 1 aliphatic rings. The van der Waals surface area contributed by atoms with Gasteiger partial charge in [0, 0.05) is 23.2 Å². The molecule has 0 saturated carbocycles. The first-order valence-electron chi connectivity index (χ1n) is 12.9. The van der Waals surface area contributed by atoms with Crippen LogP contribution in [0.1, 0.15) is 63.9 Å². The third kappa shape index (κ3) is 9.30. The van der Waals surface area contributed by atoms with Crippen LogP contribution in [0, 0.1) is 5.92 Å². The maximum absolute atomic E-state index is 12.0. The molecule has 0 atom stereocenters. The van der Waals surface area contributed by atoms with Gasteiger partial charge in [0.05, 0.1) is 10.7 Å². The summed E-state index contributed by atoms with van der Waals surface area (Å²) in [6, 6.07) is 13.1. The number of amides is 3. The predicted octanol–water partition coefficient (Wildman–Crippen LogP) is 7.15. The van der Waals surface area contributed by atoms with Crippen LogP contribution < -0.4 is 16.0 Å². The van der Waals surface area contributed by atoms with Crippen molar-refractivity contribution in [2.24, 2.45) is 5.92 Å². The van der Waals surface area contributed by atoms with Gasteiger partial charge in [-0.25, -0.2) is 4.79 Å². The van der Waals surface area contributed by atoms with Crippen LogP contribution in [0.5, 0.6) is 0 Å². The maximum Gasteiger partial charge on any atom is 0.319 e. The molecule has 1 fully saturated rings. The number of urea groups is 1. The number of anilines is 2. The summed E-state index contributed by atoms with van der Waals surface area (Å²) in [5.41, 5.74) is 2.77. The van der Waals surface area contributed by atoms with E-state index in [-0.39, 0.29) is 17.9 Å². The first kappa shape index (κ1) is 28.3. The highest BCUT2D eigenvalue weighted by molar-refractivity contribution is 6.36. The van der Waals surface area contributed by atoms with Gasteiger partial charge >= 0.3 is 6.03 Å². The minimum absolute atomic E-state index is 0.0209. The minimum atomic E-state index is -0.255. The van der Waals surface area contributed by atoms with Crippen LogP contribution in [-0.4, -0.2) is 43.0 Å². The molecule has 3 rings (SSSR count). The molecule has 36 heavy (non-hydrogen) atoms. The molecule has 1 saturated heterocycles. The normalized spacial score (nSPS) is 14.6. The second-order valence-electron chi connectivity index (χ2n) is 9.80. The van der Waals surface area contributed by atoms with E-state index in [1.165, 1.54) is 12.0 Å². The van der Waals surface area contributed by atoms with E-state index < -0.39 is 0 Å².